The Balaban J connectivity index is 2.14. The van der Waals surface area contributed by atoms with Crippen LogP contribution in [-0.4, -0.2) is 56.7 Å². The van der Waals surface area contributed by atoms with Crippen LogP contribution in [-0.2, 0) is 9.53 Å². The molecule has 1 aliphatic rings. The molecule has 0 spiro atoms. The summed E-state index contributed by atoms with van der Waals surface area (Å²) in [5, 5.41) is 3.38. The van der Waals surface area contributed by atoms with Crippen molar-refractivity contribution >= 4 is 5.91 Å². The van der Waals surface area contributed by atoms with Gasteiger partial charge in [-0.3, -0.25) is 4.79 Å². The summed E-state index contributed by atoms with van der Waals surface area (Å²) in [6.45, 7) is 3.99. The second kappa shape index (κ2) is 9.30. The van der Waals surface area contributed by atoms with Gasteiger partial charge in [0.15, 0.2) is 0 Å². The molecule has 0 saturated carbocycles. The lowest BCUT2D eigenvalue weighted by molar-refractivity contribution is -0.130. The molecule has 5 heteroatoms. The topological polar surface area (TPSA) is 67.6 Å². The average molecular weight is 257 g/mol. The number of hydrogen-bond acceptors (Lipinski definition) is 4. The monoisotopic (exact) mass is 257 g/mol. The lowest BCUT2D eigenvalue weighted by Crippen LogP contribution is -2.37. The summed E-state index contributed by atoms with van der Waals surface area (Å²) >= 11 is 0. The van der Waals surface area contributed by atoms with Crippen molar-refractivity contribution in [2.24, 2.45) is 5.73 Å². The maximum Gasteiger partial charge on any atom is 0.223 e. The third-order valence-electron chi connectivity index (χ3n) is 3.36. The van der Waals surface area contributed by atoms with E-state index in [1.165, 1.54) is 0 Å². The van der Waals surface area contributed by atoms with Gasteiger partial charge in [-0.2, -0.15) is 0 Å². The molecule has 1 amide bonds. The molecular formula is C13H27N3O2. The van der Waals surface area contributed by atoms with Crippen molar-refractivity contribution in [1.82, 2.24) is 10.2 Å². The molecule has 0 aromatic rings. The van der Waals surface area contributed by atoms with Crippen LogP contribution in [0.15, 0.2) is 0 Å². The normalized spacial score (nSPS) is 17.1. The Morgan fingerprint density at radius 1 is 1.44 bits per heavy atom. The molecule has 0 aromatic carbocycles. The van der Waals surface area contributed by atoms with Gasteiger partial charge in [-0.1, -0.05) is 0 Å². The number of amides is 1. The van der Waals surface area contributed by atoms with Crippen LogP contribution >= 0.6 is 0 Å². The van der Waals surface area contributed by atoms with Gasteiger partial charge in [-0.05, 0) is 32.2 Å². The van der Waals surface area contributed by atoms with Crippen molar-refractivity contribution in [3.05, 3.63) is 0 Å². The summed E-state index contributed by atoms with van der Waals surface area (Å²) < 4.78 is 5.16. The molecule has 1 unspecified atom stereocenters. The molecule has 1 heterocycles. The molecule has 1 aliphatic heterocycles. The number of hydrogen-bond donors (Lipinski definition) is 2. The van der Waals surface area contributed by atoms with E-state index >= 15 is 0 Å². The minimum Gasteiger partial charge on any atom is -0.383 e. The first kappa shape index (κ1) is 15.4. The van der Waals surface area contributed by atoms with Crippen molar-refractivity contribution < 1.29 is 9.53 Å². The first-order valence-electron chi connectivity index (χ1n) is 6.98. The van der Waals surface area contributed by atoms with Crippen molar-refractivity contribution in [3.8, 4) is 0 Å². The van der Waals surface area contributed by atoms with E-state index < -0.39 is 0 Å². The van der Waals surface area contributed by atoms with E-state index in [4.69, 9.17) is 10.5 Å². The number of nitrogens with zero attached hydrogens (tertiary/aromatic N) is 1. The Bertz CT molecular complexity index is 230. The molecule has 106 valence electrons. The van der Waals surface area contributed by atoms with Crippen LogP contribution in [0.2, 0.25) is 0 Å². The number of nitrogens with two attached hydrogens (primary N) is 1. The summed E-state index contributed by atoms with van der Waals surface area (Å²) in [6, 6.07) is 0.310. The lowest BCUT2D eigenvalue weighted by Gasteiger charge is -2.19. The van der Waals surface area contributed by atoms with E-state index in [9.17, 15) is 4.79 Å². The lowest BCUT2D eigenvalue weighted by atomic mass is 10.1. The van der Waals surface area contributed by atoms with Gasteiger partial charge >= 0.3 is 0 Å². The second-order valence-electron chi connectivity index (χ2n) is 4.88. The fourth-order valence-electron chi connectivity index (χ4n) is 2.32. The Kier molecular flexibility index (Phi) is 7.96. The standard InChI is InChI=1S/C13H27N3O2/c1-18-11-12(5-4-7-14)15-8-6-13(17)16-9-2-3-10-16/h12,15H,2-11,14H2,1H3. The number of carbonyl (C=O) groups excluding carboxylic acids is 1. The third-order valence-corrected chi connectivity index (χ3v) is 3.36. The number of nitrogens with one attached hydrogen (secondary N) is 1. The van der Waals surface area contributed by atoms with Crippen molar-refractivity contribution in [2.75, 3.05) is 39.9 Å². The highest BCUT2D eigenvalue weighted by molar-refractivity contribution is 5.76. The van der Waals surface area contributed by atoms with Gasteiger partial charge in [-0.15, -0.1) is 0 Å². The van der Waals surface area contributed by atoms with Crippen molar-refractivity contribution in [1.29, 1.82) is 0 Å². The van der Waals surface area contributed by atoms with E-state index in [1.54, 1.807) is 7.11 Å². The molecule has 0 aliphatic carbocycles. The molecule has 0 bridgehead atoms. The summed E-state index contributed by atoms with van der Waals surface area (Å²) in [4.78, 5) is 13.8. The van der Waals surface area contributed by atoms with Crippen LogP contribution in [0, 0.1) is 0 Å². The molecule has 3 N–H and O–H groups in total. The van der Waals surface area contributed by atoms with Gasteiger partial charge in [0, 0.05) is 39.2 Å². The van der Waals surface area contributed by atoms with Crippen LogP contribution in [0.3, 0.4) is 0 Å². The van der Waals surface area contributed by atoms with E-state index in [2.05, 4.69) is 5.32 Å². The maximum absolute atomic E-state index is 11.8. The molecular weight excluding hydrogens is 230 g/mol. The Labute approximate surface area is 110 Å². The van der Waals surface area contributed by atoms with E-state index in [0.717, 1.165) is 45.3 Å². The van der Waals surface area contributed by atoms with Gasteiger partial charge in [0.25, 0.3) is 0 Å². The van der Waals surface area contributed by atoms with Crippen molar-refractivity contribution in [2.45, 2.75) is 38.1 Å². The molecule has 1 fully saturated rings. The van der Waals surface area contributed by atoms with Gasteiger partial charge in [0.1, 0.15) is 0 Å². The third kappa shape index (κ3) is 5.80. The number of carbonyl (C=O) groups is 1. The molecule has 5 nitrogen and oxygen atoms in total. The van der Waals surface area contributed by atoms with Crippen molar-refractivity contribution in [3.63, 3.8) is 0 Å². The summed E-state index contributed by atoms with van der Waals surface area (Å²) in [7, 11) is 1.70. The fourth-order valence-corrected chi connectivity index (χ4v) is 2.32. The second-order valence-corrected chi connectivity index (χ2v) is 4.88. The summed E-state index contributed by atoms with van der Waals surface area (Å²) in [5.41, 5.74) is 5.50. The molecule has 1 rings (SSSR count). The van der Waals surface area contributed by atoms with Crippen LogP contribution in [0.5, 0.6) is 0 Å². The first-order chi connectivity index (χ1) is 8.77. The zero-order valence-electron chi connectivity index (χ0n) is 11.5. The first-order valence-corrected chi connectivity index (χ1v) is 6.98. The zero-order chi connectivity index (χ0) is 13.2. The Morgan fingerprint density at radius 2 is 2.17 bits per heavy atom. The van der Waals surface area contributed by atoms with Gasteiger partial charge in [-0.25, -0.2) is 0 Å². The molecule has 18 heavy (non-hydrogen) atoms. The highest BCUT2D eigenvalue weighted by Crippen LogP contribution is 2.08. The number of rotatable bonds is 9. The fraction of sp³-hybridized carbons (Fsp3) is 0.923. The quantitative estimate of drug-likeness (QED) is 0.625. The Hall–Kier alpha value is -0.650. The summed E-state index contributed by atoms with van der Waals surface area (Å²) in [6.07, 6.45) is 4.89. The van der Waals surface area contributed by atoms with E-state index in [-0.39, 0.29) is 5.91 Å². The largest absolute Gasteiger partial charge is 0.383 e. The minimum atomic E-state index is 0.273. The van der Waals surface area contributed by atoms with Crippen LogP contribution in [0.25, 0.3) is 0 Å². The van der Waals surface area contributed by atoms with Gasteiger partial charge in [0.05, 0.1) is 6.61 Å². The zero-order valence-corrected chi connectivity index (χ0v) is 11.5. The van der Waals surface area contributed by atoms with Crippen LogP contribution in [0.4, 0.5) is 0 Å². The number of methoxy groups -OCH3 is 1. The van der Waals surface area contributed by atoms with Crippen LogP contribution < -0.4 is 11.1 Å². The molecule has 0 radical (unpaired) electrons. The maximum atomic E-state index is 11.8. The highest BCUT2D eigenvalue weighted by Gasteiger charge is 2.17. The molecule has 1 atom stereocenters. The number of ether oxygens (including phenoxy) is 1. The predicted molar refractivity (Wildman–Crippen MR) is 72.4 cm³/mol. The SMILES string of the molecule is COCC(CCCN)NCCC(=O)N1CCCC1. The molecule has 0 aromatic heterocycles. The van der Waals surface area contributed by atoms with E-state index in [0.29, 0.717) is 25.6 Å². The molecule has 1 saturated heterocycles. The van der Waals surface area contributed by atoms with Crippen LogP contribution in [0.1, 0.15) is 32.1 Å². The average Bonchev–Trinajstić information content (AvgIpc) is 2.89. The van der Waals surface area contributed by atoms with Gasteiger partial charge in [0.2, 0.25) is 5.91 Å². The predicted octanol–water partition coefficient (Wildman–Crippen LogP) is 0.342. The smallest absolute Gasteiger partial charge is 0.223 e. The Morgan fingerprint density at radius 3 is 2.78 bits per heavy atom. The minimum absolute atomic E-state index is 0.273. The van der Waals surface area contributed by atoms with E-state index in [1.807, 2.05) is 4.90 Å². The summed E-state index contributed by atoms with van der Waals surface area (Å²) in [5.74, 6) is 0.273. The van der Waals surface area contributed by atoms with Gasteiger partial charge < -0.3 is 20.7 Å². The highest BCUT2D eigenvalue weighted by atomic mass is 16.5. The number of likely N-dealkylation sites (tertiary alicyclic amines) is 1.